The molecular formula is C21H17ClF5N7O2S. The summed E-state index contributed by atoms with van der Waals surface area (Å²) in [5.41, 5.74) is 3.73. The number of aryl methyl sites for hydroxylation is 2. The van der Waals surface area contributed by atoms with Crippen LogP contribution in [0, 0.1) is 6.92 Å². The summed E-state index contributed by atoms with van der Waals surface area (Å²) in [5, 5.41) is 9.27. The largest absolute Gasteiger partial charge is 0.434 e. The number of hydrogen-bond acceptors (Lipinski definition) is 6. The molecule has 0 aliphatic rings. The number of thiophene rings is 1. The number of nitrogens with zero attached hydrogens (tertiary/aromatic N) is 5. The monoisotopic (exact) mass is 561 g/mol. The number of primary amides is 1. The Morgan fingerprint density at radius 1 is 1.27 bits per heavy atom. The Balaban J connectivity index is 1.96. The Labute approximate surface area is 214 Å². The van der Waals surface area contributed by atoms with Gasteiger partial charge in [-0.05, 0) is 25.5 Å². The van der Waals surface area contributed by atoms with E-state index < -0.39 is 46.5 Å². The molecule has 9 nitrogen and oxygen atoms in total. The standard InChI is InChI=1S/C21H17ClF5N7O2S/c1-4-34-7(2)9(6-29-34)8-5-10(17(23)24)30-20-11(8)13(15(37-20)18(28)35)31-19(36)14-12(22)16(21(25,26)27)33(3)32-14/h5-6,17H,4H2,1-3H3,(H2,28,35)(H,31,36). The highest BCUT2D eigenvalue weighted by Gasteiger charge is 2.40. The predicted octanol–water partition coefficient (Wildman–Crippen LogP) is 5.18. The van der Waals surface area contributed by atoms with Gasteiger partial charge in [-0.3, -0.25) is 19.0 Å². The quantitative estimate of drug-likeness (QED) is 0.314. The van der Waals surface area contributed by atoms with Crippen molar-refractivity contribution in [3.63, 3.8) is 0 Å². The highest BCUT2D eigenvalue weighted by Crippen LogP contribution is 2.44. The molecule has 16 heteroatoms. The Hall–Kier alpha value is -3.59. The highest BCUT2D eigenvalue weighted by molar-refractivity contribution is 7.21. The number of aromatic nitrogens is 5. The van der Waals surface area contributed by atoms with E-state index in [1.54, 1.807) is 11.6 Å². The summed E-state index contributed by atoms with van der Waals surface area (Å²) in [6.45, 7) is 4.00. The van der Waals surface area contributed by atoms with Gasteiger partial charge in [-0.2, -0.15) is 23.4 Å². The van der Waals surface area contributed by atoms with E-state index >= 15 is 0 Å². The maximum atomic E-state index is 13.7. The Morgan fingerprint density at radius 2 is 1.95 bits per heavy atom. The van der Waals surface area contributed by atoms with E-state index in [0.29, 0.717) is 33.8 Å². The number of nitrogens with one attached hydrogen (secondary N) is 1. The Kier molecular flexibility index (Phi) is 6.71. The van der Waals surface area contributed by atoms with Gasteiger partial charge in [0.25, 0.3) is 18.2 Å². The SMILES string of the molecule is CCn1ncc(-c2cc(C(F)F)nc3sc(C(N)=O)c(NC(=O)c4nn(C)c(C(F)(F)F)c4Cl)c23)c1C. The van der Waals surface area contributed by atoms with Gasteiger partial charge in [0.15, 0.2) is 11.4 Å². The van der Waals surface area contributed by atoms with Crippen molar-refractivity contribution in [2.24, 2.45) is 12.8 Å². The van der Waals surface area contributed by atoms with E-state index in [1.807, 2.05) is 6.92 Å². The molecule has 4 aromatic heterocycles. The second kappa shape index (κ2) is 9.37. The maximum Gasteiger partial charge on any atom is 0.434 e. The van der Waals surface area contributed by atoms with Gasteiger partial charge in [0.2, 0.25) is 0 Å². The van der Waals surface area contributed by atoms with Crippen LogP contribution >= 0.6 is 22.9 Å². The first-order valence-electron chi connectivity index (χ1n) is 10.4. The molecule has 0 aliphatic carbocycles. The molecule has 0 saturated heterocycles. The fourth-order valence-electron chi connectivity index (χ4n) is 3.89. The summed E-state index contributed by atoms with van der Waals surface area (Å²) >= 11 is 6.48. The minimum Gasteiger partial charge on any atom is -0.365 e. The van der Waals surface area contributed by atoms with E-state index in [0.717, 1.165) is 13.1 Å². The molecule has 0 spiro atoms. The molecule has 196 valence electrons. The summed E-state index contributed by atoms with van der Waals surface area (Å²) < 4.78 is 69.4. The number of amides is 2. The van der Waals surface area contributed by atoms with Gasteiger partial charge in [0.05, 0.1) is 11.9 Å². The molecule has 0 bridgehead atoms. The van der Waals surface area contributed by atoms with Crippen molar-refractivity contribution in [2.45, 2.75) is 33.0 Å². The van der Waals surface area contributed by atoms with Crippen molar-refractivity contribution in [1.29, 1.82) is 0 Å². The molecule has 37 heavy (non-hydrogen) atoms. The zero-order chi connectivity index (χ0) is 27.4. The normalized spacial score (nSPS) is 12.1. The molecule has 0 aliphatic heterocycles. The van der Waals surface area contributed by atoms with Crippen molar-refractivity contribution in [3.8, 4) is 11.1 Å². The number of nitrogens with two attached hydrogens (primary N) is 1. The van der Waals surface area contributed by atoms with Gasteiger partial charge in [-0.25, -0.2) is 13.8 Å². The first-order chi connectivity index (χ1) is 17.3. The lowest BCUT2D eigenvalue weighted by Gasteiger charge is -2.11. The minimum atomic E-state index is -4.90. The number of hydrogen-bond donors (Lipinski definition) is 2. The van der Waals surface area contributed by atoms with Gasteiger partial charge in [0.1, 0.15) is 20.4 Å². The summed E-state index contributed by atoms with van der Waals surface area (Å²) in [6, 6.07) is 1.10. The third kappa shape index (κ3) is 4.52. The van der Waals surface area contributed by atoms with Crippen molar-refractivity contribution in [1.82, 2.24) is 24.5 Å². The highest BCUT2D eigenvalue weighted by atomic mass is 35.5. The number of anilines is 1. The second-order valence-electron chi connectivity index (χ2n) is 7.79. The van der Waals surface area contributed by atoms with Crippen LogP contribution in [0.1, 0.15) is 50.6 Å². The van der Waals surface area contributed by atoms with Crippen molar-refractivity contribution in [2.75, 3.05) is 5.32 Å². The van der Waals surface area contributed by atoms with Crippen molar-refractivity contribution in [3.05, 3.63) is 44.9 Å². The molecule has 2 amide bonds. The van der Waals surface area contributed by atoms with Crippen LogP contribution in [0.15, 0.2) is 12.3 Å². The van der Waals surface area contributed by atoms with Gasteiger partial charge in [-0.1, -0.05) is 11.6 Å². The zero-order valence-corrected chi connectivity index (χ0v) is 20.8. The van der Waals surface area contributed by atoms with Gasteiger partial charge < -0.3 is 11.1 Å². The van der Waals surface area contributed by atoms with Crippen LogP contribution in [0.25, 0.3) is 21.3 Å². The number of alkyl halides is 5. The average Bonchev–Trinajstić information content (AvgIpc) is 3.45. The van der Waals surface area contributed by atoms with Crippen LogP contribution in [0.4, 0.5) is 27.6 Å². The summed E-state index contributed by atoms with van der Waals surface area (Å²) in [7, 11) is 0.961. The first-order valence-corrected chi connectivity index (χ1v) is 11.6. The molecular weight excluding hydrogens is 545 g/mol. The lowest BCUT2D eigenvalue weighted by Crippen LogP contribution is -2.17. The lowest BCUT2D eigenvalue weighted by molar-refractivity contribution is -0.143. The number of pyridine rings is 1. The molecule has 0 saturated carbocycles. The second-order valence-corrected chi connectivity index (χ2v) is 9.17. The van der Waals surface area contributed by atoms with E-state index in [-0.39, 0.29) is 26.3 Å². The maximum absolute atomic E-state index is 13.7. The topological polar surface area (TPSA) is 121 Å². The summed E-state index contributed by atoms with van der Waals surface area (Å²) in [6.07, 6.45) is -6.43. The summed E-state index contributed by atoms with van der Waals surface area (Å²) in [5.74, 6) is -2.20. The van der Waals surface area contributed by atoms with Crippen molar-refractivity contribution >= 4 is 50.7 Å². The predicted molar refractivity (Wildman–Crippen MR) is 126 cm³/mol. The fourth-order valence-corrected chi connectivity index (χ4v) is 5.26. The lowest BCUT2D eigenvalue weighted by atomic mass is 10.0. The zero-order valence-electron chi connectivity index (χ0n) is 19.2. The molecule has 4 rings (SSSR count). The summed E-state index contributed by atoms with van der Waals surface area (Å²) in [4.78, 5) is 28.9. The number of carbonyl (C=O) groups excluding carboxylic acids is 2. The number of fused-ring (bicyclic) bond motifs is 1. The third-order valence-electron chi connectivity index (χ3n) is 5.53. The third-order valence-corrected chi connectivity index (χ3v) is 6.99. The van der Waals surface area contributed by atoms with E-state index in [4.69, 9.17) is 17.3 Å². The molecule has 3 N–H and O–H groups in total. The Bertz CT molecular complexity index is 1560. The minimum absolute atomic E-state index is 0.0522. The van der Waals surface area contributed by atoms with E-state index in [2.05, 4.69) is 20.5 Å². The molecule has 0 fully saturated rings. The van der Waals surface area contributed by atoms with Crippen LogP contribution in [0.3, 0.4) is 0 Å². The van der Waals surface area contributed by atoms with E-state index in [9.17, 15) is 31.5 Å². The fraction of sp³-hybridized carbons (Fsp3) is 0.286. The number of rotatable bonds is 6. The average molecular weight is 562 g/mol. The van der Waals surface area contributed by atoms with Crippen LogP contribution in [0.2, 0.25) is 5.02 Å². The van der Waals surface area contributed by atoms with Crippen molar-refractivity contribution < 1.29 is 31.5 Å². The van der Waals surface area contributed by atoms with Crippen LogP contribution in [-0.4, -0.2) is 36.4 Å². The van der Waals surface area contributed by atoms with Gasteiger partial charge in [-0.15, -0.1) is 11.3 Å². The molecule has 0 radical (unpaired) electrons. The smallest absolute Gasteiger partial charge is 0.365 e. The number of halogens is 6. The molecule has 4 heterocycles. The first kappa shape index (κ1) is 26.5. The van der Waals surface area contributed by atoms with Crippen LogP contribution in [-0.2, 0) is 19.8 Å². The van der Waals surface area contributed by atoms with Gasteiger partial charge in [0, 0.05) is 30.2 Å². The van der Waals surface area contributed by atoms with Crippen LogP contribution in [0.5, 0.6) is 0 Å². The molecule has 0 atom stereocenters. The molecule has 4 aromatic rings. The number of carbonyl (C=O) groups is 2. The molecule has 0 unspecified atom stereocenters. The van der Waals surface area contributed by atoms with Gasteiger partial charge >= 0.3 is 6.18 Å². The Morgan fingerprint density at radius 3 is 2.46 bits per heavy atom. The van der Waals surface area contributed by atoms with Crippen LogP contribution < -0.4 is 11.1 Å². The molecule has 0 aromatic carbocycles. The van der Waals surface area contributed by atoms with E-state index in [1.165, 1.54) is 6.20 Å².